The highest BCUT2D eigenvalue weighted by atomic mass is 16.4. The zero-order valence-electron chi connectivity index (χ0n) is 11.7. The van der Waals surface area contributed by atoms with Gasteiger partial charge in [-0.15, -0.1) is 0 Å². The number of fused-ring (bicyclic) bond motifs is 1. The zero-order valence-corrected chi connectivity index (χ0v) is 11.7. The molecule has 1 atom stereocenters. The van der Waals surface area contributed by atoms with Crippen LogP contribution in [0.1, 0.15) is 18.4 Å². The first-order valence-corrected chi connectivity index (χ1v) is 6.84. The third-order valence-electron chi connectivity index (χ3n) is 3.56. The van der Waals surface area contributed by atoms with Crippen molar-refractivity contribution < 1.29 is 4.42 Å². The molecule has 0 aliphatic heterocycles. The third kappa shape index (κ3) is 2.76. The average molecular weight is 283 g/mol. The summed E-state index contributed by atoms with van der Waals surface area (Å²) in [5.74, 6) is -0.121. The number of hydrogen-bond acceptors (Lipinski definition) is 4. The highest BCUT2D eigenvalue weighted by Crippen LogP contribution is 2.25. The van der Waals surface area contributed by atoms with Gasteiger partial charge in [-0.1, -0.05) is 37.3 Å². The summed E-state index contributed by atoms with van der Waals surface area (Å²) >= 11 is 0. The largest absolute Gasteiger partial charge is 0.417 e. The van der Waals surface area contributed by atoms with Crippen LogP contribution in [-0.4, -0.2) is 11.5 Å². The zero-order chi connectivity index (χ0) is 14.8. The van der Waals surface area contributed by atoms with Gasteiger partial charge in [-0.3, -0.25) is 4.98 Å². The molecule has 0 bridgehead atoms. The summed E-state index contributed by atoms with van der Waals surface area (Å²) in [6.07, 6.45) is 0. The molecule has 2 aromatic carbocycles. The van der Waals surface area contributed by atoms with Crippen molar-refractivity contribution in [2.75, 3.05) is 17.6 Å². The van der Waals surface area contributed by atoms with Crippen molar-refractivity contribution in [2.45, 2.75) is 12.8 Å². The molecule has 3 aromatic rings. The van der Waals surface area contributed by atoms with E-state index in [1.807, 2.05) is 18.2 Å². The van der Waals surface area contributed by atoms with Crippen molar-refractivity contribution >= 4 is 22.5 Å². The molecule has 0 aliphatic carbocycles. The van der Waals surface area contributed by atoms with Gasteiger partial charge in [0.15, 0.2) is 5.58 Å². The summed E-state index contributed by atoms with van der Waals surface area (Å²) in [7, 11) is 0. The van der Waals surface area contributed by atoms with Crippen molar-refractivity contribution in [1.29, 1.82) is 0 Å². The molecule has 108 valence electrons. The normalized spacial score (nSPS) is 12.4. The highest BCUT2D eigenvalue weighted by molar-refractivity contribution is 5.85. The van der Waals surface area contributed by atoms with E-state index in [2.05, 4.69) is 29.4 Å². The molecule has 3 rings (SSSR count). The molecule has 1 heterocycles. The van der Waals surface area contributed by atoms with Crippen LogP contribution in [0, 0.1) is 0 Å². The topological polar surface area (TPSA) is 84.0 Å². The molecule has 0 saturated carbocycles. The van der Waals surface area contributed by atoms with Crippen LogP contribution < -0.4 is 16.8 Å². The van der Waals surface area contributed by atoms with Gasteiger partial charge in [0.2, 0.25) is 0 Å². The van der Waals surface area contributed by atoms with Gasteiger partial charge in [-0.2, -0.15) is 0 Å². The molecular formula is C16H17N3O2. The maximum Gasteiger partial charge on any atom is 0.417 e. The second-order valence-corrected chi connectivity index (χ2v) is 5.14. The van der Waals surface area contributed by atoms with Crippen molar-refractivity contribution in [1.82, 2.24) is 4.98 Å². The Morgan fingerprint density at radius 2 is 2.05 bits per heavy atom. The van der Waals surface area contributed by atoms with Crippen molar-refractivity contribution in [3.05, 3.63) is 58.6 Å². The minimum Gasteiger partial charge on any atom is -0.408 e. The smallest absolute Gasteiger partial charge is 0.408 e. The second kappa shape index (κ2) is 5.36. The number of anilines is 2. The minimum absolute atomic E-state index is 0.352. The number of nitrogen functional groups attached to an aromatic ring is 1. The van der Waals surface area contributed by atoms with E-state index in [1.165, 1.54) is 5.56 Å². The molecule has 5 nitrogen and oxygen atoms in total. The van der Waals surface area contributed by atoms with Crippen LogP contribution in [0.4, 0.5) is 11.4 Å². The molecule has 5 heteroatoms. The van der Waals surface area contributed by atoms with Gasteiger partial charge in [0.1, 0.15) is 0 Å². The Hall–Kier alpha value is -2.69. The fraction of sp³-hybridized carbons (Fsp3) is 0.188. The highest BCUT2D eigenvalue weighted by Gasteiger charge is 2.09. The molecule has 4 N–H and O–H groups in total. The molecular weight excluding hydrogens is 266 g/mol. The van der Waals surface area contributed by atoms with E-state index in [4.69, 9.17) is 10.2 Å². The number of hydrogen-bond donors (Lipinski definition) is 3. The van der Waals surface area contributed by atoms with E-state index in [1.54, 1.807) is 12.1 Å². The molecule has 0 amide bonds. The fourth-order valence-corrected chi connectivity index (χ4v) is 2.33. The van der Waals surface area contributed by atoms with E-state index < -0.39 is 5.76 Å². The second-order valence-electron chi connectivity index (χ2n) is 5.14. The lowest BCUT2D eigenvalue weighted by Gasteiger charge is -2.15. The van der Waals surface area contributed by atoms with Crippen LogP contribution in [0.5, 0.6) is 0 Å². The van der Waals surface area contributed by atoms with Crippen molar-refractivity contribution in [2.24, 2.45) is 0 Å². The molecule has 1 aromatic heterocycles. The Kier molecular flexibility index (Phi) is 3.39. The standard InChI is InChI=1S/C16H17N3O2/c1-10(11-5-3-2-4-6-11)9-18-13-8-14-15(7-12(13)17)21-16(20)19-14/h2-8,10,18H,9,17H2,1H3,(H,19,20). The minimum atomic E-state index is -0.473. The predicted octanol–water partition coefficient (Wildman–Crippen LogP) is 2.92. The van der Waals surface area contributed by atoms with Crippen molar-refractivity contribution in [3.63, 3.8) is 0 Å². The van der Waals surface area contributed by atoms with E-state index in [0.717, 1.165) is 12.2 Å². The monoisotopic (exact) mass is 283 g/mol. The van der Waals surface area contributed by atoms with Gasteiger partial charge in [-0.05, 0) is 17.5 Å². The fourth-order valence-electron chi connectivity index (χ4n) is 2.33. The van der Waals surface area contributed by atoms with Gasteiger partial charge in [0.05, 0.1) is 16.9 Å². The van der Waals surface area contributed by atoms with E-state index in [-0.39, 0.29) is 0 Å². The van der Waals surface area contributed by atoms with Gasteiger partial charge < -0.3 is 15.5 Å². The van der Waals surface area contributed by atoms with Crippen LogP contribution in [0.3, 0.4) is 0 Å². The Labute approximate surface area is 121 Å². The van der Waals surface area contributed by atoms with Crippen molar-refractivity contribution in [3.8, 4) is 0 Å². The maximum absolute atomic E-state index is 11.2. The SMILES string of the molecule is CC(CNc1cc2[nH]c(=O)oc2cc1N)c1ccccc1. The van der Waals surface area contributed by atoms with Crippen LogP contribution >= 0.6 is 0 Å². The molecule has 0 fully saturated rings. The molecule has 0 spiro atoms. The number of aromatic nitrogens is 1. The van der Waals surface area contributed by atoms with Crippen LogP contribution in [0.2, 0.25) is 0 Å². The van der Waals surface area contributed by atoms with E-state index >= 15 is 0 Å². The number of nitrogens with one attached hydrogen (secondary N) is 2. The first-order valence-electron chi connectivity index (χ1n) is 6.84. The Morgan fingerprint density at radius 3 is 2.81 bits per heavy atom. The quantitative estimate of drug-likeness (QED) is 0.643. The predicted molar refractivity (Wildman–Crippen MR) is 84.6 cm³/mol. The number of benzene rings is 2. The average Bonchev–Trinajstić information content (AvgIpc) is 2.84. The summed E-state index contributed by atoms with van der Waals surface area (Å²) < 4.78 is 4.98. The summed E-state index contributed by atoms with van der Waals surface area (Å²) in [5.41, 5.74) is 9.72. The van der Waals surface area contributed by atoms with E-state index in [9.17, 15) is 4.79 Å². The molecule has 0 radical (unpaired) electrons. The van der Waals surface area contributed by atoms with Gasteiger partial charge in [-0.25, -0.2) is 4.79 Å². The first kappa shape index (κ1) is 13.3. The summed E-state index contributed by atoms with van der Waals surface area (Å²) in [6.45, 7) is 2.90. The summed E-state index contributed by atoms with van der Waals surface area (Å²) in [6, 6.07) is 13.7. The summed E-state index contributed by atoms with van der Waals surface area (Å²) in [4.78, 5) is 13.8. The lowest BCUT2D eigenvalue weighted by molar-refractivity contribution is 0.555. The Bertz CT molecular complexity index is 805. The number of oxazole rings is 1. The molecule has 0 aliphatic rings. The number of aromatic amines is 1. The third-order valence-corrected chi connectivity index (χ3v) is 3.56. The lowest BCUT2D eigenvalue weighted by Crippen LogP contribution is -2.11. The summed E-state index contributed by atoms with van der Waals surface area (Å²) in [5, 5.41) is 3.32. The molecule has 21 heavy (non-hydrogen) atoms. The first-order chi connectivity index (χ1) is 10.1. The van der Waals surface area contributed by atoms with Crippen LogP contribution in [0.15, 0.2) is 51.7 Å². The number of nitrogens with two attached hydrogens (primary N) is 1. The van der Waals surface area contributed by atoms with Gasteiger partial charge in [0.25, 0.3) is 0 Å². The lowest BCUT2D eigenvalue weighted by atomic mass is 10.0. The maximum atomic E-state index is 11.2. The Morgan fingerprint density at radius 1 is 1.29 bits per heavy atom. The van der Waals surface area contributed by atoms with Crippen LogP contribution in [-0.2, 0) is 0 Å². The van der Waals surface area contributed by atoms with Gasteiger partial charge >= 0.3 is 5.76 Å². The van der Waals surface area contributed by atoms with E-state index in [0.29, 0.717) is 22.7 Å². The number of H-pyrrole nitrogens is 1. The van der Waals surface area contributed by atoms with Crippen LogP contribution in [0.25, 0.3) is 11.1 Å². The Balaban J connectivity index is 1.78. The van der Waals surface area contributed by atoms with Gasteiger partial charge in [0, 0.05) is 12.6 Å². The molecule has 0 saturated heterocycles. The molecule has 1 unspecified atom stereocenters. The number of rotatable bonds is 4.